The van der Waals surface area contributed by atoms with E-state index < -0.39 is 0 Å². The molecule has 5 heteroatoms. The first-order chi connectivity index (χ1) is 13.1. The predicted octanol–water partition coefficient (Wildman–Crippen LogP) is 2.79. The van der Waals surface area contributed by atoms with Gasteiger partial charge in [0.2, 0.25) is 5.91 Å². The van der Waals surface area contributed by atoms with E-state index in [9.17, 15) is 4.79 Å². The molecule has 2 fully saturated rings. The Hall–Kier alpha value is -2.14. The maximum atomic E-state index is 13.9. The van der Waals surface area contributed by atoms with Gasteiger partial charge in [-0.15, -0.1) is 0 Å². The van der Waals surface area contributed by atoms with Gasteiger partial charge in [0.15, 0.2) is 0 Å². The maximum absolute atomic E-state index is 13.9. The van der Waals surface area contributed by atoms with Crippen LogP contribution in [0.2, 0.25) is 0 Å². The van der Waals surface area contributed by atoms with Crippen LogP contribution in [0.3, 0.4) is 0 Å². The van der Waals surface area contributed by atoms with Crippen LogP contribution in [-0.4, -0.2) is 58.5 Å². The zero-order valence-electron chi connectivity index (χ0n) is 16.5. The molecule has 0 bridgehead atoms. The summed E-state index contributed by atoms with van der Waals surface area (Å²) >= 11 is 0. The molecule has 2 aliphatic rings. The number of carbonyl (C=O) groups is 1. The third kappa shape index (κ3) is 3.41. The van der Waals surface area contributed by atoms with Gasteiger partial charge in [-0.1, -0.05) is 30.3 Å². The lowest BCUT2D eigenvalue weighted by Gasteiger charge is -2.44. The SMILES string of the molecule is CN1CCC(C(=O)N2CCCC(c3nccn3C)C2)(c2ccccc2)CC1. The number of piperidine rings is 2. The number of aromatic nitrogens is 2. The molecule has 27 heavy (non-hydrogen) atoms. The van der Waals surface area contributed by atoms with Crippen molar-refractivity contribution in [3.05, 3.63) is 54.1 Å². The van der Waals surface area contributed by atoms with Gasteiger partial charge in [-0.3, -0.25) is 4.79 Å². The van der Waals surface area contributed by atoms with Crippen LogP contribution >= 0.6 is 0 Å². The summed E-state index contributed by atoms with van der Waals surface area (Å²) in [5.41, 5.74) is 0.805. The van der Waals surface area contributed by atoms with Gasteiger partial charge in [0.05, 0.1) is 5.41 Å². The van der Waals surface area contributed by atoms with E-state index in [2.05, 4.69) is 50.7 Å². The van der Waals surface area contributed by atoms with Gasteiger partial charge in [0, 0.05) is 38.4 Å². The van der Waals surface area contributed by atoms with Gasteiger partial charge in [0.1, 0.15) is 5.82 Å². The number of rotatable bonds is 3. The molecule has 1 unspecified atom stereocenters. The average Bonchev–Trinajstić information content (AvgIpc) is 3.15. The van der Waals surface area contributed by atoms with E-state index in [1.807, 2.05) is 25.5 Å². The lowest BCUT2D eigenvalue weighted by Crippen LogP contribution is -2.54. The summed E-state index contributed by atoms with van der Waals surface area (Å²) in [4.78, 5) is 22.9. The fraction of sp³-hybridized carbons (Fsp3) is 0.545. The fourth-order valence-electron chi connectivity index (χ4n) is 4.83. The molecule has 0 saturated carbocycles. The molecule has 1 atom stereocenters. The maximum Gasteiger partial charge on any atom is 0.233 e. The molecule has 4 rings (SSSR count). The topological polar surface area (TPSA) is 41.4 Å². The van der Waals surface area contributed by atoms with E-state index in [0.717, 1.165) is 57.7 Å². The summed E-state index contributed by atoms with van der Waals surface area (Å²) in [6, 6.07) is 10.5. The highest BCUT2D eigenvalue weighted by Crippen LogP contribution is 2.39. The minimum atomic E-state index is -0.378. The molecular formula is C22H30N4O. The molecule has 1 aromatic carbocycles. The molecule has 0 radical (unpaired) electrons. The van der Waals surface area contributed by atoms with E-state index in [0.29, 0.717) is 11.8 Å². The van der Waals surface area contributed by atoms with Crippen LogP contribution in [0, 0.1) is 0 Å². The standard InChI is InChI=1S/C22H30N4O/c1-24-14-10-22(11-15-24,19-8-4-3-5-9-19)21(27)26-13-6-7-18(17-26)20-23-12-16-25(20)2/h3-5,8-9,12,16,18H,6-7,10-11,13-15,17H2,1-2H3. The number of hydrogen-bond acceptors (Lipinski definition) is 3. The van der Waals surface area contributed by atoms with Crippen LogP contribution in [0.25, 0.3) is 0 Å². The molecule has 1 aromatic heterocycles. The summed E-state index contributed by atoms with van der Waals surface area (Å²) in [6.07, 6.45) is 7.81. The van der Waals surface area contributed by atoms with Gasteiger partial charge in [-0.25, -0.2) is 4.98 Å². The number of likely N-dealkylation sites (tertiary alicyclic amines) is 2. The minimum absolute atomic E-state index is 0.320. The summed E-state index contributed by atoms with van der Waals surface area (Å²) in [5, 5.41) is 0. The molecule has 144 valence electrons. The van der Waals surface area contributed by atoms with Crippen molar-refractivity contribution < 1.29 is 4.79 Å². The molecule has 3 heterocycles. The van der Waals surface area contributed by atoms with Crippen LogP contribution in [0.4, 0.5) is 0 Å². The molecule has 2 aromatic rings. The normalized spacial score (nSPS) is 23.3. The number of carbonyl (C=O) groups excluding carboxylic acids is 1. The molecular weight excluding hydrogens is 336 g/mol. The first-order valence-corrected chi connectivity index (χ1v) is 10.1. The Morgan fingerprint density at radius 1 is 1.11 bits per heavy atom. The zero-order valence-corrected chi connectivity index (χ0v) is 16.5. The number of hydrogen-bond donors (Lipinski definition) is 0. The molecule has 0 aliphatic carbocycles. The fourth-order valence-corrected chi connectivity index (χ4v) is 4.83. The summed E-state index contributed by atoms with van der Waals surface area (Å²) in [5.74, 6) is 1.76. The Kier molecular flexibility index (Phi) is 5.04. The summed E-state index contributed by atoms with van der Waals surface area (Å²) in [6.45, 7) is 3.59. The first kappa shape index (κ1) is 18.2. The second kappa shape index (κ2) is 7.47. The van der Waals surface area contributed by atoms with Crippen molar-refractivity contribution in [3.63, 3.8) is 0 Å². The molecule has 2 saturated heterocycles. The van der Waals surface area contributed by atoms with Crippen LogP contribution in [0.15, 0.2) is 42.7 Å². The van der Waals surface area contributed by atoms with E-state index in [1.165, 1.54) is 5.56 Å². The van der Waals surface area contributed by atoms with Crippen molar-refractivity contribution >= 4 is 5.91 Å². The van der Waals surface area contributed by atoms with Crippen molar-refractivity contribution in [2.45, 2.75) is 37.0 Å². The van der Waals surface area contributed by atoms with Crippen molar-refractivity contribution in [1.82, 2.24) is 19.4 Å². The van der Waals surface area contributed by atoms with Crippen LogP contribution in [-0.2, 0) is 17.3 Å². The quantitative estimate of drug-likeness (QED) is 0.839. The van der Waals surface area contributed by atoms with Gasteiger partial charge in [0.25, 0.3) is 0 Å². The third-order valence-electron chi connectivity index (χ3n) is 6.51. The molecule has 5 nitrogen and oxygen atoms in total. The number of amides is 1. The smallest absolute Gasteiger partial charge is 0.233 e. The largest absolute Gasteiger partial charge is 0.341 e. The van der Waals surface area contributed by atoms with Gasteiger partial charge < -0.3 is 14.4 Å². The number of imidazole rings is 1. The van der Waals surface area contributed by atoms with Crippen molar-refractivity contribution in [2.24, 2.45) is 7.05 Å². The highest BCUT2D eigenvalue weighted by molar-refractivity contribution is 5.88. The van der Waals surface area contributed by atoms with Crippen molar-refractivity contribution in [2.75, 3.05) is 33.2 Å². The van der Waals surface area contributed by atoms with Crippen molar-refractivity contribution in [1.29, 1.82) is 0 Å². The van der Waals surface area contributed by atoms with Gasteiger partial charge in [-0.05, 0) is 51.4 Å². The Morgan fingerprint density at radius 2 is 1.85 bits per heavy atom. The lowest BCUT2D eigenvalue weighted by atomic mass is 9.71. The second-order valence-corrected chi connectivity index (χ2v) is 8.24. The van der Waals surface area contributed by atoms with Gasteiger partial charge in [-0.2, -0.15) is 0 Å². The van der Waals surface area contributed by atoms with E-state index in [1.54, 1.807) is 0 Å². The highest BCUT2D eigenvalue weighted by Gasteiger charge is 2.45. The van der Waals surface area contributed by atoms with Gasteiger partial charge >= 0.3 is 0 Å². The number of aryl methyl sites for hydroxylation is 1. The molecule has 0 spiro atoms. The monoisotopic (exact) mass is 366 g/mol. The summed E-state index contributed by atoms with van der Waals surface area (Å²) < 4.78 is 2.10. The van der Waals surface area contributed by atoms with E-state index in [4.69, 9.17) is 0 Å². The molecule has 0 N–H and O–H groups in total. The van der Waals surface area contributed by atoms with E-state index in [-0.39, 0.29) is 5.41 Å². The average molecular weight is 367 g/mol. The van der Waals surface area contributed by atoms with Crippen LogP contribution < -0.4 is 0 Å². The number of benzene rings is 1. The molecule has 2 aliphatic heterocycles. The van der Waals surface area contributed by atoms with Crippen LogP contribution in [0.5, 0.6) is 0 Å². The molecule has 1 amide bonds. The van der Waals surface area contributed by atoms with Crippen molar-refractivity contribution in [3.8, 4) is 0 Å². The van der Waals surface area contributed by atoms with Crippen LogP contribution in [0.1, 0.15) is 43.0 Å². The minimum Gasteiger partial charge on any atom is -0.341 e. The van der Waals surface area contributed by atoms with E-state index >= 15 is 0 Å². The number of nitrogens with zero attached hydrogens (tertiary/aromatic N) is 4. The lowest BCUT2D eigenvalue weighted by molar-refractivity contribution is -0.140. The second-order valence-electron chi connectivity index (χ2n) is 8.24. The summed E-state index contributed by atoms with van der Waals surface area (Å²) in [7, 11) is 4.20. The Labute approximate surface area is 162 Å². The Bertz CT molecular complexity index is 777. The first-order valence-electron chi connectivity index (χ1n) is 10.1. The third-order valence-corrected chi connectivity index (χ3v) is 6.51. The highest BCUT2D eigenvalue weighted by atomic mass is 16.2. The Balaban J connectivity index is 1.61. The zero-order chi connectivity index (χ0) is 18.9. The predicted molar refractivity (Wildman–Crippen MR) is 107 cm³/mol. The Morgan fingerprint density at radius 3 is 2.52 bits per heavy atom.